The average Bonchev–Trinajstić information content (AvgIpc) is 3.44. The van der Waals surface area contributed by atoms with Crippen molar-refractivity contribution in [3.05, 3.63) is 52.9 Å². The van der Waals surface area contributed by atoms with Gasteiger partial charge < -0.3 is 9.88 Å². The fourth-order valence-corrected chi connectivity index (χ4v) is 4.80. The number of halogens is 1. The molecule has 1 saturated heterocycles. The van der Waals surface area contributed by atoms with Gasteiger partial charge in [0.15, 0.2) is 0 Å². The fraction of sp³-hybridized carbons (Fsp3) is 0.478. The first kappa shape index (κ1) is 20.9. The van der Waals surface area contributed by atoms with E-state index in [-0.39, 0.29) is 5.91 Å². The molecule has 3 aromatic rings. The number of carbonyl (C=O) groups excluding carboxylic acids is 1. The van der Waals surface area contributed by atoms with Crippen LogP contribution in [0.15, 0.2) is 36.7 Å². The molecule has 0 aliphatic carbocycles. The summed E-state index contributed by atoms with van der Waals surface area (Å²) in [5.74, 6) is 0.157. The standard InChI is InChI=1S/C23H30ClN5O/c1-3-28-12-6-7-18(28)14-29(16-22-20(24)15-27(2)26-22)23(30)11-10-17-13-25-21-9-5-4-8-19(17)21/h4-5,8-9,13,15,18,25H,3,6-7,10-12,14,16H2,1-2H3. The van der Waals surface area contributed by atoms with Gasteiger partial charge in [-0.1, -0.05) is 36.7 Å². The van der Waals surface area contributed by atoms with Crippen LogP contribution in [-0.2, 0) is 24.8 Å². The molecule has 1 aliphatic heterocycles. The van der Waals surface area contributed by atoms with Gasteiger partial charge in [0.1, 0.15) is 5.69 Å². The number of nitrogens with one attached hydrogen (secondary N) is 1. The minimum atomic E-state index is 0.157. The van der Waals surface area contributed by atoms with Crippen LogP contribution in [-0.4, -0.2) is 56.1 Å². The highest BCUT2D eigenvalue weighted by Gasteiger charge is 2.28. The monoisotopic (exact) mass is 427 g/mol. The van der Waals surface area contributed by atoms with Crippen LogP contribution in [0.3, 0.4) is 0 Å². The van der Waals surface area contributed by atoms with E-state index in [0.29, 0.717) is 24.0 Å². The van der Waals surface area contributed by atoms with Crippen molar-refractivity contribution in [1.29, 1.82) is 0 Å². The number of hydrogen-bond acceptors (Lipinski definition) is 3. The number of aryl methyl sites for hydroxylation is 2. The number of aromatic amines is 1. The first-order valence-electron chi connectivity index (χ1n) is 10.8. The summed E-state index contributed by atoms with van der Waals surface area (Å²) in [5, 5.41) is 6.28. The van der Waals surface area contributed by atoms with Crippen molar-refractivity contribution in [2.24, 2.45) is 7.05 Å². The number of aromatic nitrogens is 3. The first-order valence-corrected chi connectivity index (χ1v) is 11.2. The Morgan fingerprint density at radius 3 is 2.97 bits per heavy atom. The fourth-order valence-electron chi connectivity index (χ4n) is 4.56. The van der Waals surface area contributed by atoms with E-state index < -0.39 is 0 Å². The molecule has 4 rings (SSSR count). The van der Waals surface area contributed by atoms with Crippen LogP contribution in [0.5, 0.6) is 0 Å². The Bertz CT molecular complexity index is 1010. The van der Waals surface area contributed by atoms with Crippen LogP contribution in [0.2, 0.25) is 5.02 Å². The third-order valence-corrected chi connectivity index (χ3v) is 6.48. The Hall–Kier alpha value is -2.31. The summed E-state index contributed by atoms with van der Waals surface area (Å²) < 4.78 is 1.71. The maximum Gasteiger partial charge on any atom is 0.223 e. The number of likely N-dealkylation sites (tertiary alicyclic amines) is 1. The second kappa shape index (κ2) is 9.23. The lowest BCUT2D eigenvalue weighted by atomic mass is 10.1. The quantitative estimate of drug-likeness (QED) is 0.591. The van der Waals surface area contributed by atoms with Gasteiger partial charge in [-0.3, -0.25) is 14.4 Å². The summed E-state index contributed by atoms with van der Waals surface area (Å²) >= 11 is 6.35. The number of rotatable bonds is 8. The summed E-state index contributed by atoms with van der Waals surface area (Å²) in [6, 6.07) is 8.64. The molecule has 2 aromatic heterocycles. The topological polar surface area (TPSA) is 57.2 Å². The molecule has 160 valence electrons. The molecule has 0 saturated carbocycles. The molecule has 30 heavy (non-hydrogen) atoms. The molecule has 7 heteroatoms. The molecule has 1 aliphatic rings. The Balaban J connectivity index is 1.48. The lowest BCUT2D eigenvalue weighted by Crippen LogP contribution is -2.42. The predicted molar refractivity (Wildman–Crippen MR) is 121 cm³/mol. The van der Waals surface area contributed by atoms with Crippen LogP contribution >= 0.6 is 11.6 Å². The minimum absolute atomic E-state index is 0.157. The number of benzene rings is 1. The molecule has 0 spiro atoms. The van der Waals surface area contributed by atoms with Gasteiger partial charge in [-0.25, -0.2) is 0 Å². The third-order valence-electron chi connectivity index (χ3n) is 6.17. The van der Waals surface area contributed by atoms with E-state index >= 15 is 0 Å². The molecule has 6 nitrogen and oxygen atoms in total. The van der Waals surface area contributed by atoms with Crippen molar-refractivity contribution in [3.8, 4) is 0 Å². The number of likely N-dealkylation sites (N-methyl/N-ethyl adjacent to an activating group) is 1. The molecule has 1 unspecified atom stereocenters. The SMILES string of the molecule is CCN1CCCC1CN(Cc1nn(C)cc1Cl)C(=O)CCc1c[nH]c2ccccc12. The van der Waals surface area contributed by atoms with Crippen molar-refractivity contribution in [2.45, 2.75) is 45.2 Å². The first-order chi connectivity index (χ1) is 14.5. The van der Waals surface area contributed by atoms with Crippen molar-refractivity contribution in [1.82, 2.24) is 24.6 Å². The largest absolute Gasteiger partial charge is 0.361 e. The average molecular weight is 428 g/mol. The highest BCUT2D eigenvalue weighted by molar-refractivity contribution is 6.31. The Morgan fingerprint density at radius 1 is 1.37 bits per heavy atom. The number of para-hydroxylation sites is 1. The second-order valence-electron chi connectivity index (χ2n) is 8.16. The van der Waals surface area contributed by atoms with Crippen LogP contribution in [0, 0.1) is 0 Å². The molecule has 1 amide bonds. The Morgan fingerprint density at radius 2 is 2.20 bits per heavy atom. The number of H-pyrrole nitrogens is 1. The van der Waals surface area contributed by atoms with Crippen molar-refractivity contribution in [3.63, 3.8) is 0 Å². The summed E-state index contributed by atoms with van der Waals surface area (Å²) in [6.07, 6.45) is 7.34. The van der Waals surface area contributed by atoms with E-state index in [9.17, 15) is 4.79 Å². The number of fused-ring (bicyclic) bond motifs is 1. The highest BCUT2D eigenvalue weighted by atomic mass is 35.5. The molecular weight excluding hydrogens is 398 g/mol. The van der Waals surface area contributed by atoms with Crippen molar-refractivity contribution in [2.75, 3.05) is 19.6 Å². The molecule has 1 N–H and O–H groups in total. The van der Waals surface area contributed by atoms with Gasteiger partial charge in [0.25, 0.3) is 0 Å². The summed E-state index contributed by atoms with van der Waals surface area (Å²) in [4.78, 5) is 21.0. The highest BCUT2D eigenvalue weighted by Crippen LogP contribution is 2.23. The molecule has 3 heterocycles. The summed E-state index contributed by atoms with van der Waals surface area (Å²) in [5.41, 5.74) is 3.06. The zero-order valence-electron chi connectivity index (χ0n) is 17.8. The zero-order valence-corrected chi connectivity index (χ0v) is 18.5. The van der Waals surface area contributed by atoms with Gasteiger partial charge in [-0.15, -0.1) is 0 Å². The smallest absolute Gasteiger partial charge is 0.223 e. The maximum atomic E-state index is 13.3. The molecule has 1 fully saturated rings. The zero-order chi connectivity index (χ0) is 21.1. The lowest BCUT2D eigenvalue weighted by molar-refractivity contribution is -0.132. The molecule has 0 radical (unpaired) electrons. The van der Waals surface area contributed by atoms with Crippen molar-refractivity contribution < 1.29 is 4.79 Å². The van der Waals surface area contributed by atoms with Crippen molar-refractivity contribution >= 4 is 28.4 Å². The van der Waals surface area contributed by atoms with Gasteiger partial charge in [-0.2, -0.15) is 5.10 Å². The maximum absolute atomic E-state index is 13.3. The van der Waals surface area contributed by atoms with Crippen LogP contribution in [0.4, 0.5) is 0 Å². The number of amides is 1. The number of nitrogens with zero attached hydrogens (tertiary/aromatic N) is 4. The van der Waals surface area contributed by atoms with E-state index in [1.165, 1.54) is 17.4 Å². The van der Waals surface area contributed by atoms with E-state index in [2.05, 4.69) is 34.0 Å². The lowest BCUT2D eigenvalue weighted by Gasteiger charge is -2.30. The van der Waals surface area contributed by atoms with Crippen LogP contribution in [0.1, 0.15) is 37.4 Å². The van der Waals surface area contributed by atoms with Gasteiger partial charge in [0.2, 0.25) is 5.91 Å². The van der Waals surface area contributed by atoms with E-state index in [1.54, 1.807) is 10.9 Å². The molecule has 0 bridgehead atoms. The predicted octanol–water partition coefficient (Wildman–Crippen LogP) is 4.00. The van der Waals surface area contributed by atoms with E-state index in [0.717, 1.165) is 43.7 Å². The van der Waals surface area contributed by atoms with Crippen LogP contribution in [0.25, 0.3) is 10.9 Å². The van der Waals surface area contributed by atoms with E-state index in [1.807, 2.05) is 30.3 Å². The van der Waals surface area contributed by atoms with Gasteiger partial charge in [0, 0.05) is 49.4 Å². The van der Waals surface area contributed by atoms with Gasteiger partial charge in [0.05, 0.1) is 11.6 Å². The number of hydrogen-bond donors (Lipinski definition) is 1. The minimum Gasteiger partial charge on any atom is -0.361 e. The third kappa shape index (κ3) is 4.55. The normalized spacial score (nSPS) is 17.1. The van der Waals surface area contributed by atoms with Gasteiger partial charge in [-0.05, 0) is 44.0 Å². The Labute approximate surface area is 182 Å². The molecular formula is C23H30ClN5O. The summed E-state index contributed by atoms with van der Waals surface area (Å²) in [6.45, 7) is 5.51. The summed E-state index contributed by atoms with van der Waals surface area (Å²) in [7, 11) is 1.86. The second-order valence-corrected chi connectivity index (χ2v) is 8.56. The Kier molecular flexibility index (Phi) is 6.44. The molecule has 1 atom stereocenters. The molecule has 1 aromatic carbocycles. The van der Waals surface area contributed by atoms with Gasteiger partial charge >= 0.3 is 0 Å². The number of carbonyl (C=O) groups is 1. The van der Waals surface area contributed by atoms with Crippen LogP contribution < -0.4 is 0 Å². The van der Waals surface area contributed by atoms with E-state index in [4.69, 9.17) is 11.6 Å².